The van der Waals surface area contributed by atoms with Gasteiger partial charge in [-0.3, -0.25) is 0 Å². The van der Waals surface area contributed by atoms with E-state index in [0.717, 1.165) is 0 Å². The van der Waals surface area contributed by atoms with Crippen LogP contribution in [0.15, 0.2) is 22.7 Å². The molecule has 0 aliphatic rings. The van der Waals surface area contributed by atoms with Gasteiger partial charge in [-0.2, -0.15) is 13.2 Å². The number of benzene rings is 1. The molecule has 0 amide bonds. The molecule has 1 rings (SSSR count). The highest BCUT2D eigenvalue weighted by Crippen LogP contribution is 2.17. The fraction of sp³-hybridized carbons (Fsp3) is 0.455. The molecule has 0 heterocycles. The normalized spacial score (nSPS) is 13.7. The van der Waals surface area contributed by atoms with Crippen LogP contribution in [-0.4, -0.2) is 25.4 Å². The summed E-state index contributed by atoms with van der Waals surface area (Å²) < 4.78 is 53.8. The van der Waals surface area contributed by atoms with E-state index in [1.54, 1.807) is 6.07 Å². The largest absolute Gasteiger partial charge is 0.411 e. The number of ether oxygens (including phenoxy) is 1. The van der Waals surface area contributed by atoms with Crippen molar-refractivity contribution in [2.45, 2.75) is 18.6 Å². The van der Waals surface area contributed by atoms with Crippen LogP contribution in [0.2, 0.25) is 0 Å². The molecule has 102 valence electrons. The molecular formula is C11H12BrF4NO. The van der Waals surface area contributed by atoms with E-state index in [0.29, 0.717) is 10.0 Å². The monoisotopic (exact) mass is 329 g/mol. The highest BCUT2D eigenvalue weighted by Gasteiger charge is 2.27. The molecule has 1 unspecified atom stereocenters. The second-order valence-corrected chi connectivity index (χ2v) is 4.75. The lowest BCUT2D eigenvalue weighted by Gasteiger charge is -2.14. The Kier molecular flexibility index (Phi) is 5.55. The van der Waals surface area contributed by atoms with Crippen molar-refractivity contribution < 1.29 is 22.3 Å². The molecule has 1 aromatic rings. The van der Waals surface area contributed by atoms with Crippen LogP contribution in [-0.2, 0) is 11.2 Å². The molecule has 0 fully saturated rings. The molecule has 7 heteroatoms. The highest BCUT2D eigenvalue weighted by atomic mass is 79.9. The van der Waals surface area contributed by atoms with Gasteiger partial charge in [0.2, 0.25) is 0 Å². The summed E-state index contributed by atoms with van der Waals surface area (Å²) in [7, 11) is 0. The third-order valence-corrected chi connectivity index (χ3v) is 2.59. The zero-order valence-corrected chi connectivity index (χ0v) is 10.9. The van der Waals surface area contributed by atoms with Crippen LogP contribution in [0.5, 0.6) is 0 Å². The number of halogens is 5. The molecule has 0 aromatic heterocycles. The van der Waals surface area contributed by atoms with Gasteiger partial charge in [-0.15, -0.1) is 0 Å². The molecule has 18 heavy (non-hydrogen) atoms. The van der Waals surface area contributed by atoms with E-state index in [4.69, 9.17) is 5.73 Å². The van der Waals surface area contributed by atoms with Crippen LogP contribution in [0.3, 0.4) is 0 Å². The molecule has 1 aromatic carbocycles. The van der Waals surface area contributed by atoms with Crippen LogP contribution < -0.4 is 5.73 Å². The van der Waals surface area contributed by atoms with Gasteiger partial charge < -0.3 is 10.5 Å². The van der Waals surface area contributed by atoms with Crippen LogP contribution >= 0.6 is 15.9 Å². The highest BCUT2D eigenvalue weighted by molar-refractivity contribution is 9.10. The Bertz CT molecular complexity index is 397. The maximum Gasteiger partial charge on any atom is 0.411 e. The van der Waals surface area contributed by atoms with Crippen molar-refractivity contribution in [2.24, 2.45) is 5.73 Å². The summed E-state index contributed by atoms with van der Waals surface area (Å²) >= 11 is 3.11. The van der Waals surface area contributed by atoms with Gasteiger partial charge in [0, 0.05) is 10.5 Å². The van der Waals surface area contributed by atoms with Crippen molar-refractivity contribution in [3.63, 3.8) is 0 Å². The Labute approximate surface area is 110 Å². The Hall–Kier alpha value is -0.660. The van der Waals surface area contributed by atoms with E-state index < -0.39 is 24.6 Å². The van der Waals surface area contributed by atoms with Gasteiger partial charge in [-0.25, -0.2) is 4.39 Å². The van der Waals surface area contributed by atoms with Crippen LogP contribution in [0, 0.1) is 5.82 Å². The summed E-state index contributed by atoms with van der Waals surface area (Å²) in [5, 5.41) is 0. The van der Waals surface area contributed by atoms with E-state index in [-0.39, 0.29) is 13.0 Å². The maximum atomic E-state index is 13.4. The first-order valence-corrected chi connectivity index (χ1v) is 5.91. The zero-order valence-electron chi connectivity index (χ0n) is 9.31. The number of alkyl halides is 3. The number of rotatable bonds is 5. The minimum absolute atomic E-state index is 0.122. The second-order valence-electron chi connectivity index (χ2n) is 3.83. The van der Waals surface area contributed by atoms with Crippen molar-refractivity contribution in [1.82, 2.24) is 0 Å². The van der Waals surface area contributed by atoms with E-state index >= 15 is 0 Å². The quantitative estimate of drug-likeness (QED) is 0.843. The molecule has 0 bridgehead atoms. The van der Waals surface area contributed by atoms with Crippen LogP contribution in [0.1, 0.15) is 5.56 Å². The summed E-state index contributed by atoms with van der Waals surface area (Å²) in [6.45, 7) is -1.61. The van der Waals surface area contributed by atoms with E-state index in [1.165, 1.54) is 12.1 Å². The average Bonchev–Trinajstić information content (AvgIpc) is 2.20. The summed E-state index contributed by atoms with van der Waals surface area (Å²) in [4.78, 5) is 0. The Balaban J connectivity index is 2.42. The van der Waals surface area contributed by atoms with E-state index in [1.807, 2.05) is 0 Å². The van der Waals surface area contributed by atoms with Crippen LogP contribution in [0.25, 0.3) is 0 Å². The van der Waals surface area contributed by atoms with Crippen LogP contribution in [0.4, 0.5) is 17.6 Å². The maximum absolute atomic E-state index is 13.4. The fourth-order valence-electron chi connectivity index (χ4n) is 1.35. The lowest BCUT2D eigenvalue weighted by molar-refractivity contribution is -0.174. The Morgan fingerprint density at radius 2 is 2.00 bits per heavy atom. The summed E-state index contributed by atoms with van der Waals surface area (Å²) in [6, 6.07) is 3.77. The van der Waals surface area contributed by atoms with Gasteiger partial charge in [0.05, 0.1) is 6.61 Å². The minimum atomic E-state index is -4.37. The van der Waals surface area contributed by atoms with Crippen molar-refractivity contribution in [1.29, 1.82) is 0 Å². The van der Waals surface area contributed by atoms with Gasteiger partial charge in [-0.1, -0.05) is 22.0 Å². The van der Waals surface area contributed by atoms with E-state index in [2.05, 4.69) is 20.7 Å². The number of hydrogen-bond donors (Lipinski definition) is 1. The van der Waals surface area contributed by atoms with Crippen molar-refractivity contribution >= 4 is 15.9 Å². The molecule has 0 aliphatic carbocycles. The van der Waals surface area contributed by atoms with Crippen molar-refractivity contribution in [3.05, 3.63) is 34.1 Å². The summed E-state index contributed by atoms with van der Waals surface area (Å²) in [5.74, 6) is -0.448. The SMILES string of the molecule is NC(COCC(F)(F)F)Cc1ccc(Br)cc1F. The van der Waals surface area contributed by atoms with Crippen molar-refractivity contribution in [2.75, 3.05) is 13.2 Å². The molecule has 0 spiro atoms. The standard InChI is InChI=1S/C11H12BrF4NO/c12-8-2-1-7(10(13)4-8)3-9(17)5-18-6-11(14,15)16/h1-2,4,9H,3,5-6,17H2. The first-order valence-electron chi connectivity index (χ1n) is 5.12. The second kappa shape index (κ2) is 6.49. The first-order chi connectivity index (χ1) is 8.28. The predicted molar refractivity (Wildman–Crippen MR) is 62.7 cm³/mol. The van der Waals surface area contributed by atoms with Gasteiger partial charge >= 0.3 is 6.18 Å². The van der Waals surface area contributed by atoms with Gasteiger partial charge in [0.25, 0.3) is 0 Å². The van der Waals surface area contributed by atoms with Gasteiger partial charge in [0.1, 0.15) is 12.4 Å². The molecular weight excluding hydrogens is 318 g/mol. The third kappa shape index (κ3) is 5.79. The lowest BCUT2D eigenvalue weighted by Crippen LogP contribution is -2.31. The molecule has 0 aliphatic heterocycles. The van der Waals surface area contributed by atoms with Gasteiger partial charge in [-0.05, 0) is 24.1 Å². The average molecular weight is 330 g/mol. The topological polar surface area (TPSA) is 35.2 Å². The van der Waals surface area contributed by atoms with E-state index in [9.17, 15) is 17.6 Å². The number of hydrogen-bond acceptors (Lipinski definition) is 2. The molecule has 1 atom stereocenters. The third-order valence-electron chi connectivity index (χ3n) is 2.09. The molecule has 0 saturated heterocycles. The molecule has 0 radical (unpaired) electrons. The lowest BCUT2D eigenvalue weighted by atomic mass is 10.1. The number of nitrogens with two attached hydrogens (primary N) is 1. The Morgan fingerprint density at radius 1 is 1.33 bits per heavy atom. The minimum Gasteiger partial charge on any atom is -0.370 e. The zero-order chi connectivity index (χ0) is 13.8. The summed E-state index contributed by atoms with van der Waals surface area (Å²) in [5.41, 5.74) is 5.92. The van der Waals surface area contributed by atoms with Gasteiger partial charge in [0.15, 0.2) is 0 Å². The molecule has 0 saturated carbocycles. The first kappa shape index (κ1) is 15.4. The fourth-order valence-corrected chi connectivity index (χ4v) is 1.69. The van der Waals surface area contributed by atoms with Crippen molar-refractivity contribution in [3.8, 4) is 0 Å². The summed E-state index contributed by atoms with van der Waals surface area (Å²) in [6.07, 6.45) is -4.25. The smallest absolute Gasteiger partial charge is 0.370 e. The predicted octanol–water partition coefficient (Wildman–Crippen LogP) is 3.04. The molecule has 2 nitrogen and oxygen atoms in total. The molecule has 2 N–H and O–H groups in total. The Morgan fingerprint density at radius 3 is 2.56 bits per heavy atom.